The van der Waals surface area contributed by atoms with Crippen molar-refractivity contribution in [1.29, 1.82) is 0 Å². The number of anilines is 1. The highest BCUT2D eigenvalue weighted by molar-refractivity contribution is 7.60. The zero-order valence-corrected chi connectivity index (χ0v) is 19.5. The quantitative estimate of drug-likeness (QED) is 0.233. The van der Waals surface area contributed by atoms with Crippen molar-refractivity contribution < 1.29 is 42.7 Å². The molecule has 0 spiro atoms. The Morgan fingerprint density at radius 3 is 2.14 bits per heavy atom. The van der Waals surface area contributed by atoms with Gasteiger partial charge >= 0.3 is 15.6 Å². The van der Waals surface area contributed by atoms with Crippen molar-refractivity contribution in [3.05, 3.63) is 33.7 Å². The van der Waals surface area contributed by atoms with Crippen LogP contribution in [0.4, 0.5) is 5.82 Å². The lowest BCUT2D eigenvalue weighted by atomic mass is 10.2. The van der Waals surface area contributed by atoms with Crippen molar-refractivity contribution in [2.24, 2.45) is 0 Å². The minimum Gasteiger partial charge on any atom is -0.396 e. The summed E-state index contributed by atoms with van der Waals surface area (Å²) in [5.41, 5.74) is 10.0. The Labute approximate surface area is 183 Å². The number of aromatic nitrogens is 3. The second kappa shape index (κ2) is 12.9. The van der Waals surface area contributed by atoms with Crippen LogP contribution in [0.1, 0.15) is 22.0 Å². The summed E-state index contributed by atoms with van der Waals surface area (Å²) >= 11 is 1.65. The standard InChI is InChI=1S/C12H17N4OS.2ClH.H4O7P2/c1-8-11(3-4-17)18-7-16(8)6-10-5-14-9(2)15-12(10)13;;;1-8(2,3)7-9(4,5)6/h5,7,17H,3-4,6H2,1-2H3,(H2,13,14,15);2*1H;(H2,1,2,3)(H2,4,5,6)/q+1;;;. The second-order valence-electron chi connectivity index (χ2n) is 5.22. The number of halogens is 2. The van der Waals surface area contributed by atoms with E-state index in [-0.39, 0.29) is 31.4 Å². The molecule has 0 fully saturated rings. The zero-order chi connectivity index (χ0) is 20.8. The molecule has 2 rings (SSSR count). The van der Waals surface area contributed by atoms with Crippen LogP contribution < -0.4 is 10.3 Å². The minimum atomic E-state index is -5.05. The molecule has 0 saturated carbocycles. The maximum absolute atomic E-state index is 9.63. The predicted molar refractivity (Wildman–Crippen MR) is 110 cm³/mol. The molecule has 17 heteroatoms. The van der Waals surface area contributed by atoms with E-state index in [1.54, 1.807) is 17.5 Å². The Bertz CT molecular complexity index is 856. The average Bonchev–Trinajstić information content (AvgIpc) is 2.80. The first-order chi connectivity index (χ1) is 12.3. The molecule has 2 aromatic rings. The maximum Gasteiger partial charge on any atom is 0.478 e. The molecular formula is C12H23Cl2N4O8P2S+. The monoisotopic (exact) mass is 515 g/mol. The largest absolute Gasteiger partial charge is 0.478 e. The van der Waals surface area contributed by atoms with Crippen LogP contribution in [0.5, 0.6) is 0 Å². The van der Waals surface area contributed by atoms with E-state index in [1.807, 2.05) is 19.4 Å². The summed E-state index contributed by atoms with van der Waals surface area (Å²) < 4.78 is 24.3. The highest BCUT2D eigenvalue weighted by atomic mass is 35.5. The Morgan fingerprint density at radius 1 is 1.17 bits per heavy atom. The van der Waals surface area contributed by atoms with Crippen LogP contribution in [-0.2, 0) is 26.4 Å². The highest BCUT2D eigenvalue weighted by Crippen LogP contribution is 2.53. The third-order valence-electron chi connectivity index (χ3n) is 3.07. The fourth-order valence-corrected chi connectivity index (χ4v) is 4.00. The van der Waals surface area contributed by atoms with Crippen molar-refractivity contribution in [3.8, 4) is 0 Å². The van der Waals surface area contributed by atoms with Crippen molar-refractivity contribution in [1.82, 2.24) is 9.97 Å². The third-order valence-corrected chi connectivity index (χ3v) is 5.91. The summed E-state index contributed by atoms with van der Waals surface area (Å²) in [5, 5.41) is 8.98. The van der Waals surface area contributed by atoms with Crippen LogP contribution >= 0.6 is 51.8 Å². The summed E-state index contributed by atoms with van der Waals surface area (Å²) in [4.78, 5) is 40.5. The molecule has 168 valence electrons. The number of aryl methyl sites for hydroxylation is 1. The van der Waals surface area contributed by atoms with Crippen LogP contribution in [0.25, 0.3) is 0 Å². The predicted octanol–water partition coefficient (Wildman–Crippen LogP) is 0.640. The number of aliphatic hydroxyl groups excluding tert-OH is 1. The third kappa shape index (κ3) is 11.9. The van der Waals surface area contributed by atoms with Gasteiger partial charge in [-0.3, -0.25) is 0 Å². The van der Waals surface area contributed by atoms with E-state index in [1.165, 1.54) is 4.88 Å². The first kappa shape index (κ1) is 30.5. The molecular weight excluding hydrogens is 493 g/mol. The van der Waals surface area contributed by atoms with Gasteiger partial charge in [-0.15, -0.1) is 24.8 Å². The van der Waals surface area contributed by atoms with Gasteiger partial charge in [-0.25, -0.2) is 19.1 Å². The molecule has 0 aliphatic rings. The first-order valence-corrected chi connectivity index (χ1v) is 11.2. The smallest absolute Gasteiger partial charge is 0.396 e. The van der Waals surface area contributed by atoms with E-state index in [2.05, 4.69) is 18.8 Å². The summed E-state index contributed by atoms with van der Waals surface area (Å²) in [5.74, 6) is 1.22. The van der Waals surface area contributed by atoms with E-state index in [4.69, 9.17) is 30.4 Å². The Kier molecular flexibility index (Phi) is 13.5. The molecule has 0 amide bonds. The van der Waals surface area contributed by atoms with Gasteiger partial charge in [-0.1, -0.05) is 11.3 Å². The fraction of sp³-hybridized carbons (Fsp3) is 0.417. The van der Waals surface area contributed by atoms with Gasteiger partial charge in [-0.2, -0.15) is 8.88 Å². The molecule has 12 nitrogen and oxygen atoms in total. The molecule has 0 aliphatic carbocycles. The lowest BCUT2D eigenvalue weighted by Crippen LogP contribution is -2.35. The molecule has 7 N–H and O–H groups in total. The van der Waals surface area contributed by atoms with Crippen LogP contribution in [0.3, 0.4) is 0 Å². The van der Waals surface area contributed by atoms with Gasteiger partial charge in [0.1, 0.15) is 11.6 Å². The molecule has 0 bridgehead atoms. The number of aliphatic hydroxyl groups is 1. The van der Waals surface area contributed by atoms with Gasteiger partial charge in [0, 0.05) is 26.1 Å². The number of hydrogen-bond donors (Lipinski definition) is 6. The summed E-state index contributed by atoms with van der Waals surface area (Å²) in [6, 6.07) is 0. The Balaban J connectivity index is 0. The lowest BCUT2D eigenvalue weighted by Gasteiger charge is -2.03. The van der Waals surface area contributed by atoms with Gasteiger partial charge in [-0.05, 0) is 6.92 Å². The molecule has 0 radical (unpaired) electrons. The summed E-state index contributed by atoms with van der Waals surface area (Å²) in [6.45, 7) is 4.71. The normalized spacial score (nSPS) is 11.0. The number of phosphoric acid groups is 2. The van der Waals surface area contributed by atoms with E-state index < -0.39 is 15.6 Å². The molecule has 2 heterocycles. The van der Waals surface area contributed by atoms with Crippen molar-refractivity contribution in [2.45, 2.75) is 26.8 Å². The molecule has 29 heavy (non-hydrogen) atoms. The minimum absolute atomic E-state index is 0. The van der Waals surface area contributed by atoms with Gasteiger partial charge in [0.15, 0.2) is 12.2 Å². The van der Waals surface area contributed by atoms with Gasteiger partial charge < -0.3 is 30.4 Å². The van der Waals surface area contributed by atoms with Crippen LogP contribution in [0, 0.1) is 13.8 Å². The number of nitrogens with zero attached hydrogens (tertiary/aromatic N) is 3. The molecule has 0 atom stereocenters. The van der Waals surface area contributed by atoms with E-state index in [0.29, 0.717) is 24.6 Å². The first-order valence-electron chi connectivity index (χ1n) is 7.30. The van der Waals surface area contributed by atoms with Gasteiger partial charge in [0.05, 0.1) is 10.4 Å². The second-order valence-corrected chi connectivity index (χ2v) is 8.78. The average molecular weight is 516 g/mol. The number of thiazole rings is 1. The van der Waals surface area contributed by atoms with Crippen LogP contribution in [-0.4, -0.2) is 41.3 Å². The summed E-state index contributed by atoms with van der Waals surface area (Å²) in [7, 11) is -10.1. The number of rotatable bonds is 6. The number of nitrogen functional groups attached to an aromatic ring is 1. The maximum atomic E-state index is 9.63. The fourth-order valence-electron chi connectivity index (χ4n) is 1.91. The number of nitrogens with two attached hydrogens (primary N) is 1. The molecule has 0 aliphatic heterocycles. The van der Waals surface area contributed by atoms with Gasteiger partial charge in [0.2, 0.25) is 5.51 Å². The molecule has 0 aromatic carbocycles. The molecule has 2 aromatic heterocycles. The summed E-state index contributed by atoms with van der Waals surface area (Å²) in [6.07, 6.45) is 2.47. The molecule has 0 unspecified atom stereocenters. The Hall–Kier alpha value is -0.690. The van der Waals surface area contributed by atoms with Crippen LogP contribution in [0.2, 0.25) is 0 Å². The van der Waals surface area contributed by atoms with E-state index in [0.717, 1.165) is 11.3 Å². The topological polar surface area (TPSA) is 200 Å². The zero-order valence-electron chi connectivity index (χ0n) is 15.3. The van der Waals surface area contributed by atoms with Crippen molar-refractivity contribution >= 4 is 57.6 Å². The van der Waals surface area contributed by atoms with Crippen molar-refractivity contribution in [2.75, 3.05) is 12.3 Å². The lowest BCUT2D eigenvalue weighted by molar-refractivity contribution is -0.689. The number of hydrogen-bond acceptors (Lipinski definition) is 8. The highest BCUT2D eigenvalue weighted by Gasteiger charge is 2.28. The van der Waals surface area contributed by atoms with E-state index in [9.17, 15) is 9.13 Å². The molecule has 0 saturated heterocycles. The van der Waals surface area contributed by atoms with Crippen LogP contribution in [0.15, 0.2) is 11.7 Å². The van der Waals surface area contributed by atoms with Gasteiger partial charge in [0.25, 0.3) is 0 Å². The Morgan fingerprint density at radius 2 is 1.72 bits per heavy atom. The van der Waals surface area contributed by atoms with E-state index >= 15 is 0 Å². The SMILES string of the molecule is Cc1ncc(C[n+]2csc(CCO)c2C)c(N)n1.Cl.Cl.O=P(O)(O)OP(=O)(O)O. The van der Waals surface area contributed by atoms with Crippen molar-refractivity contribution in [3.63, 3.8) is 0 Å².